The molecule has 150 valence electrons. The Hall–Kier alpha value is -2.63. The SMILES string of the molecule is Cc1cc(C)c(C2=C(OC(=O)OC(C)C)C3(CCC(=O)CC3)OC2=O)c(C)c1. The van der Waals surface area contributed by atoms with E-state index in [0.717, 1.165) is 16.7 Å². The lowest BCUT2D eigenvalue weighted by molar-refractivity contribution is -0.152. The highest BCUT2D eigenvalue weighted by Crippen LogP contribution is 2.47. The summed E-state index contributed by atoms with van der Waals surface area (Å²) in [5.41, 5.74) is 2.73. The summed E-state index contributed by atoms with van der Waals surface area (Å²) in [6.45, 7) is 9.24. The molecule has 0 bridgehead atoms. The maximum absolute atomic E-state index is 12.9. The zero-order chi connectivity index (χ0) is 20.6. The van der Waals surface area contributed by atoms with Crippen molar-refractivity contribution in [2.24, 2.45) is 0 Å². The molecule has 1 spiro atoms. The summed E-state index contributed by atoms with van der Waals surface area (Å²) >= 11 is 0. The number of Topliss-reactive ketones (excluding diaryl/α,β-unsaturated/α-hetero) is 1. The molecule has 1 heterocycles. The lowest BCUT2D eigenvalue weighted by Gasteiger charge is -2.32. The average molecular weight is 386 g/mol. The van der Waals surface area contributed by atoms with Crippen LogP contribution in [0.15, 0.2) is 17.9 Å². The lowest BCUT2D eigenvalue weighted by Crippen LogP contribution is -2.38. The number of benzene rings is 1. The monoisotopic (exact) mass is 386 g/mol. The minimum Gasteiger partial charge on any atom is -0.447 e. The zero-order valence-corrected chi connectivity index (χ0v) is 17.0. The second-order valence-corrected chi connectivity index (χ2v) is 7.92. The van der Waals surface area contributed by atoms with Gasteiger partial charge in [0.05, 0.1) is 6.10 Å². The molecule has 0 unspecified atom stereocenters. The van der Waals surface area contributed by atoms with Crippen LogP contribution >= 0.6 is 0 Å². The van der Waals surface area contributed by atoms with Crippen molar-refractivity contribution in [2.45, 2.75) is 72.0 Å². The Morgan fingerprint density at radius 3 is 2.18 bits per heavy atom. The highest BCUT2D eigenvalue weighted by atomic mass is 16.7. The van der Waals surface area contributed by atoms with E-state index in [-0.39, 0.29) is 36.1 Å². The van der Waals surface area contributed by atoms with Crippen molar-refractivity contribution in [1.82, 2.24) is 0 Å². The summed E-state index contributed by atoms with van der Waals surface area (Å²) in [5.74, 6) is -0.246. The van der Waals surface area contributed by atoms with Gasteiger partial charge in [-0.1, -0.05) is 17.7 Å². The first kappa shape index (κ1) is 20.1. The van der Waals surface area contributed by atoms with Gasteiger partial charge in [-0.05, 0) is 51.3 Å². The predicted molar refractivity (Wildman–Crippen MR) is 103 cm³/mol. The smallest absolute Gasteiger partial charge is 0.447 e. The van der Waals surface area contributed by atoms with E-state index in [1.807, 2.05) is 32.9 Å². The third kappa shape index (κ3) is 3.68. The van der Waals surface area contributed by atoms with Crippen LogP contribution in [-0.4, -0.2) is 29.6 Å². The van der Waals surface area contributed by atoms with Crippen molar-refractivity contribution in [1.29, 1.82) is 0 Å². The van der Waals surface area contributed by atoms with E-state index in [1.165, 1.54) is 0 Å². The van der Waals surface area contributed by atoms with Crippen LogP contribution in [0.25, 0.3) is 5.57 Å². The number of hydrogen-bond acceptors (Lipinski definition) is 6. The molecule has 1 aromatic carbocycles. The van der Waals surface area contributed by atoms with E-state index >= 15 is 0 Å². The molecule has 2 aliphatic rings. The van der Waals surface area contributed by atoms with E-state index in [2.05, 4.69) is 0 Å². The summed E-state index contributed by atoms with van der Waals surface area (Å²) in [7, 11) is 0. The van der Waals surface area contributed by atoms with Gasteiger partial charge in [-0.3, -0.25) is 4.79 Å². The van der Waals surface area contributed by atoms with Gasteiger partial charge in [-0.15, -0.1) is 0 Å². The molecule has 6 nitrogen and oxygen atoms in total. The van der Waals surface area contributed by atoms with E-state index < -0.39 is 17.7 Å². The Balaban J connectivity index is 2.15. The van der Waals surface area contributed by atoms with Crippen molar-refractivity contribution in [3.8, 4) is 0 Å². The molecular formula is C22H26O6. The average Bonchev–Trinajstić information content (AvgIpc) is 2.81. The van der Waals surface area contributed by atoms with Crippen LogP contribution in [0.4, 0.5) is 4.79 Å². The molecular weight excluding hydrogens is 360 g/mol. The Morgan fingerprint density at radius 1 is 1.07 bits per heavy atom. The van der Waals surface area contributed by atoms with Crippen LogP contribution in [0.5, 0.6) is 0 Å². The van der Waals surface area contributed by atoms with Crippen molar-refractivity contribution in [3.05, 3.63) is 40.1 Å². The highest BCUT2D eigenvalue weighted by Gasteiger charge is 2.53. The van der Waals surface area contributed by atoms with E-state index in [0.29, 0.717) is 18.4 Å². The Morgan fingerprint density at radius 2 is 1.64 bits per heavy atom. The van der Waals surface area contributed by atoms with Gasteiger partial charge in [0.25, 0.3) is 0 Å². The van der Waals surface area contributed by atoms with Gasteiger partial charge in [-0.2, -0.15) is 0 Å². The van der Waals surface area contributed by atoms with Crippen LogP contribution in [0.3, 0.4) is 0 Å². The standard InChI is InChI=1S/C22H26O6/c1-12(2)26-21(25)27-19-18(17-14(4)10-13(3)11-15(17)5)20(24)28-22(19)8-6-16(23)7-9-22/h10-12H,6-9H2,1-5H3. The van der Waals surface area contributed by atoms with Crippen molar-refractivity contribution in [3.63, 3.8) is 0 Å². The molecule has 1 fully saturated rings. The van der Waals surface area contributed by atoms with Crippen molar-refractivity contribution in [2.75, 3.05) is 0 Å². The maximum atomic E-state index is 12.9. The van der Waals surface area contributed by atoms with Crippen LogP contribution in [0.1, 0.15) is 61.8 Å². The third-order valence-electron chi connectivity index (χ3n) is 5.19. The first-order valence-electron chi connectivity index (χ1n) is 9.59. The molecule has 0 N–H and O–H groups in total. The molecule has 6 heteroatoms. The second-order valence-electron chi connectivity index (χ2n) is 7.92. The van der Waals surface area contributed by atoms with Crippen LogP contribution in [0, 0.1) is 20.8 Å². The van der Waals surface area contributed by atoms with E-state index in [4.69, 9.17) is 14.2 Å². The van der Waals surface area contributed by atoms with Crippen LogP contribution < -0.4 is 0 Å². The fourth-order valence-corrected chi connectivity index (χ4v) is 4.09. The molecule has 1 aliphatic heterocycles. The lowest BCUT2D eigenvalue weighted by atomic mass is 9.81. The molecule has 28 heavy (non-hydrogen) atoms. The number of carbonyl (C=O) groups excluding carboxylic acids is 3. The topological polar surface area (TPSA) is 78.9 Å². The number of aryl methyl sites for hydroxylation is 3. The third-order valence-corrected chi connectivity index (χ3v) is 5.19. The van der Waals surface area contributed by atoms with Gasteiger partial charge in [0.15, 0.2) is 11.4 Å². The van der Waals surface area contributed by atoms with Crippen LogP contribution in [-0.2, 0) is 23.8 Å². The van der Waals surface area contributed by atoms with Crippen molar-refractivity contribution >= 4 is 23.5 Å². The number of ether oxygens (including phenoxy) is 3. The number of hydrogen-bond donors (Lipinski definition) is 0. The molecule has 1 saturated carbocycles. The Bertz CT molecular complexity index is 844. The van der Waals surface area contributed by atoms with Gasteiger partial charge >= 0.3 is 12.1 Å². The zero-order valence-electron chi connectivity index (χ0n) is 17.0. The summed E-state index contributed by atoms with van der Waals surface area (Å²) in [6.07, 6.45) is -0.0809. The van der Waals surface area contributed by atoms with Gasteiger partial charge in [-0.25, -0.2) is 9.59 Å². The molecule has 1 aromatic rings. The normalized spacial score (nSPS) is 18.6. The number of esters is 1. The molecule has 0 saturated heterocycles. The maximum Gasteiger partial charge on any atom is 0.513 e. The first-order chi connectivity index (χ1) is 13.1. The van der Waals surface area contributed by atoms with Gasteiger partial charge in [0.2, 0.25) is 0 Å². The minimum atomic E-state index is -1.10. The summed E-state index contributed by atoms with van der Waals surface area (Å²) in [4.78, 5) is 37.0. The summed E-state index contributed by atoms with van der Waals surface area (Å²) in [5, 5.41) is 0. The Kier molecular flexibility index (Phi) is 5.33. The Labute approximate surface area is 164 Å². The fourth-order valence-electron chi connectivity index (χ4n) is 4.09. The predicted octanol–water partition coefficient (Wildman–Crippen LogP) is 4.32. The van der Waals surface area contributed by atoms with Gasteiger partial charge in [0, 0.05) is 25.7 Å². The molecule has 0 radical (unpaired) electrons. The molecule has 3 rings (SSSR count). The first-order valence-corrected chi connectivity index (χ1v) is 9.59. The number of carbonyl (C=O) groups is 3. The fraction of sp³-hybridized carbons (Fsp3) is 0.500. The molecule has 0 amide bonds. The number of ketones is 1. The minimum absolute atomic E-state index is 0.113. The molecule has 1 aliphatic carbocycles. The van der Waals surface area contributed by atoms with Crippen LogP contribution in [0.2, 0.25) is 0 Å². The van der Waals surface area contributed by atoms with Crippen molar-refractivity contribution < 1.29 is 28.6 Å². The number of rotatable bonds is 3. The quantitative estimate of drug-likeness (QED) is 0.720. The van der Waals surface area contributed by atoms with Gasteiger partial charge < -0.3 is 14.2 Å². The largest absolute Gasteiger partial charge is 0.513 e. The van der Waals surface area contributed by atoms with E-state index in [9.17, 15) is 14.4 Å². The highest BCUT2D eigenvalue weighted by molar-refractivity contribution is 6.21. The molecule has 0 atom stereocenters. The summed E-state index contributed by atoms with van der Waals surface area (Å²) in [6, 6.07) is 3.95. The summed E-state index contributed by atoms with van der Waals surface area (Å²) < 4.78 is 16.5. The second kappa shape index (κ2) is 7.41. The van der Waals surface area contributed by atoms with Gasteiger partial charge in [0.1, 0.15) is 11.4 Å². The van der Waals surface area contributed by atoms with E-state index in [1.54, 1.807) is 13.8 Å². The molecule has 0 aromatic heterocycles.